The molecule has 0 aliphatic rings. The van der Waals surface area contributed by atoms with Crippen LogP contribution in [-0.2, 0) is 5.21 Å². The molecule has 0 aliphatic carbocycles. The minimum absolute atomic E-state index is 0. The van der Waals surface area contributed by atoms with Crippen LogP contribution in [0.3, 0.4) is 0 Å². The predicted octanol–water partition coefficient (Wildman–Crippen LogP) is 4.40. The van der Waals surface area contributed by atoms with Gasteiger partial charge in [0.15, 0.2) is 0 Å². The third kappa shape index (κ3) is 13.1. The molecule has 0 saturated carbocycles. The van der Waals surface area contributed by atoms with E-state index in [9.17, 15) is 0 Å². The van der Waals surface area contributed by atoms with Crippen LogP contribution in [0, 0.1) is 0 Å². The summed E-state index contributed by atoms with van der Waals surface area (Å²) in [5, 5.41) is 2.92. The topological polar surface area (TPSA) is 0 Å². The maximum atomic E-state index is 2.60. The van der Waals surface area contributed by atoms with Crippen LogP contribution in [-0.4, -0.2) is 13.6 Å². The first-order valence-corrected chi connectivity index (χ1v) is 15.9. The molecule has 0 spiro atoms. The molecule has 0 nitrogen and oxygen atoms in total. The summed E-state index contributed by atoms with van der Waals surface area (Å²) in [6.07, 6.45) is 14.5. The third-order valence-electron chi connectivity index (χ3n) is 4.57. The standard InChI is InChI=1S/C21H38As.ClH/c1-4-5-6-7-8-9-10-11-12-16-19-22(2,3)20-21-17-14-13-15-18-21;/h13-15,17-18H,4-12,16,19-20H2,1-3H3;1H/q+1;/p-1. The van der Waals surface area contributed by atoms with Crippen LogP contribution >= 0.6 is 0 Å². The largest absolute Gasteiger partial charge is 1.00 e. The summed E-state index contributed by atoms with van der Waals surface area (Å²) in [4.78, 5) is 0. The molecule has 0 bridgehead atoms. The fourth-order valence-corrected chi connectivity index (χ4v) is 8.30. The van der Waals surface area contributed by atoms with Crippen molar-refractivity contribution < 1.29 is 12.4 Å². The van der Waals surface area contributed by atoms with E-state index < -0.39 is 13.6 Å². The van der Waals surface area contributed by atoms with Crippen molar-refractivity contribution in [1.82, 2.24) is 0 Å². The smallest absolute Gasteiger partial charge is 1.00 e. The van der Waals surface area contributed by atoms with E-state index in [-0.39, 0.29) is 12.4 Å². The monoisotopic (exact) mass is 400 g/mol. The van der Waals surface area contributed by atoms with Gasteiger partial charge in [-0.05, 0) is 0 Å². The van der Waals surface area contributed by atoms with Crippen LogP contribution in [0.1, 0.15) is 76.7 Å². The van der Waals surface area contributed by atoms with E-state index in [0.717, 1.165) is 0 Å². The van der Waals surface area contributed by atoms with E-state index in [0.29, 0.717) is 0 Å². The zero-order valence-electron chi connectivity index (χ0n) is 15.7. The van der Waals surface area contributed by atoms with Crippen LogP contribution in [0.4, 0.5) is 0 Å². The van der Waals surface area contributed by atoms with Gasteiger partial charge in [-0.15, -0.1) is 0 Å². The SMILES string of the molecule is CCCCCCCCCCCC[As+](C)(C)Cc1ccccc1.[Cl-]. The number of hydrogen-bond donors (Lipinski definition) is 0. The average Bonchev–Trinajstić information content (AvgIpc) is 2.49. The molecule has 0 aliphatic heterocycles. The number of rotatable bonds is 13. The van der Waals surface area contributed by atoms with Crippen molar-refractivity contribution in [2.45, 2.75) is 93.0 Å². The van der Waals surface area contributed by atoms with Gasteiger partial charge in [-0.2, -0.15) is 0 Å². The van der Waals surface area contributed by atoms with Crippen LogP contribution in [0.2, 0.25) is 16.6 Å². The van der Waals surface area contributed by atoms with Crippen molar-refractivity contribution >= 4 is 13.6 Å². The van der Waals surface area contributed by atoms with Gasteiger partial charge in [0.05, 0.1) is 0 Å². The molecule has 2 heteroatoms. The Hall–Kier alpha value is 0.0684. The van der Waals surface area contributed by atoms with Gasteiger partial charge in [0, 0.05) is 0 Å². The second kappa shape index (κ2) is 14.4. The van der Waals surface area contributed by atoms with Gasteiger partial charge in [0.1, 0.15) is 0 Å². The van der Waals surface area contributed by atoms with E-state index in [1.807, 2.05) is 0 Å². The molecule has 1 aromatic rings. The quantitative estimate of drug-likeness (QED) is 0.340. The molecular weight excluding hydrogens is 363 g/mol. The minimum Gasteiger partial charge on any atom is -1.00 e. The molecule has 0 fully saturated rings. The van der Waals surface area contributed by atoms with Gasteiger partial charge in [-0.3, -0.25) is 0 Å². The van der Waals surface area contributed by atoms with Crippen molar-refractivity contribution in [2.75, 3.05) is 0 Å². The third-order valence-corrected chi connectivity index (χ3v) is 10.3. The molecular formula is C21H38AsCl. The zero-order valence-corrected chi connectivity index (χ0v) is 18.3. The van der Waals surface area contributed by atoms with Crippen molar-refractivity contribution in [3.63, 3.8) is 0 Å². The normalized spacial score (nSPS) is 11.3. The molecule has 0 amide bonds. The predicted molar refractivity (Wildman–Crippen MR) is 104 cm³/mol. The number of unbranched alkanes of at least 4 members (excludes halogenated alkanes) is 9. The van der Waals surface area contributed by atoms with Crippen LogP contribution < -0.4 is 12.4 Å². The summed E-state index contributed by atoms with van der Waals surface area (Å²) in [5.41, 5.74) is 6.75. The summed E-state index contributed by atoms with van der Waals surface area (Å²) in [5.74, 6) is 0. The molecule has 0 saturated heterocycles. The van der Waals surface area contributed by atoms with Gasteiger partial charge in [0.25, 0.3) is 0 Å². The Morgan fingerprint density at radius 1 is 0.696 bits per heavy atom. The summed E-state index contributed by atoms with van der Waals surface area (Å²) in [6, 6.07) is 11.1. The Labute approximate surface area is 154 Å². The van der Waals surface area contributed by atoms with E-state index in [1.54, 1.807) is 5.56 Å². The Kier molecular flexibility index (Phi) is 14.5. The number of benzene rings is 1. The van der Waals surface area contributed by atoms with E-state index in [1.165, 1.54) is 74.6 Å². The summed E-state index contributed by atoms with van der Waals surface area (Å²) in [7, 11) is 0. The molecule has 0 atom stereocenters. The Bertz CT molecular complexity index is 361. The summed E-state index contributed by atoms with van der Waals surface area (Å²) >= 11 is -1.39. The molecule has 1 rings (SSSR count). The second-order valence-corrected chi connectivity index (χ2v) is 17.2. The van der Waals surface area contributed by atoms with E-state index >= 15 is 0 Å². The molecule has 23 heavy (non-hydrogen) atoms. The fourth-order valence-electron chi connectivity index (χ4n) is 3.18. The van der Waals surface area contributed by atoms with Crippen LogP contribution in [0.5, 0.6) is 0 Å². The summed E-state index contributed by atoms with van der Waals surface area (Å²) in [6.45, 7) is 2.30. The van der Waals surface area contributed by atoms with Crippen molar-refractivity contribution in [1.29, 1.82) is 0 Å². The molecule has 0 N–H and O–H groups in total. The number of hydrogen-bond acceptors (Lipinski definition) is 0. The Morgan fingerprint density at radius 2 is 1.17 bits per heavy atom. The Balaban J connectivity index is 0.00000484. The molecule has 134 valence electrons. The summed E-state index contributed by atoms with van der Waals surface area (Å²) < 4.78 is 0. The maximum Gasteiger partial charge on any atom is -1.00 e. The molecule has 0 aromatic heterocycles. The molecule has 1 aromatic carbocycles. The van der Waals surface area contributed by atoms with Crippen LogP contribution in [0.25, 0.3) is 0 Å². The first-order chi connectivity index (χ1) is 10.6. The van der Waals surface area contributed by atoms with Gasteiger partial charge >= 0.3 is 142 Å². The fraction of sp³-hybridized carbons (Fsp3) is 0.714. The minimum atomic E-state index is -1.39. The van der Waals surface area contributed by atoms with E-state index in [4.69, 9.17) is 0 Å². The van der Waals surface area contributed by atoms with Crippen LogP contribution in [0.15, 0.2) is 30.3 Å². The zero-order chi connectivity index (χ0) is 16.1. The Morgan fingerprint density at radius 3 is 1.70 bits per heavy atom. The average molecular weight is 401 g/mol. The van der Waals surface area contributed by atoms with Gasteiger partial charge in [-0.1, -0.05) is 0 Å². The van der Waals surface area contributed by atoms with Gasteiger partial charge < -0.3 is 12.4 Å². The first kappa shape index (κ1) is 23.1. The van der Waals surface area contributed by atoms with Crippen molar-refractivity contribution in [3.05, 3.63) is 35.9 Å². The number of halogens is 1. The second-order valence-electron chi connectivity index (χ2n) is 7.49. The van der Waals surface area contributed by atoms with E-state index in [2.05, 4.69) is 48.7 Å². The van der Waals surface area contributed by atoms with Crippen molar-refractivity contribution in [3.8, 4) is 0 Å². The van der Waals surface area contributed by atoms with Crippen molar-refractivity contribution in [2.24, 2.45) is 0 Å². The maximum absolute atomic E-state index is 2.60. The molecule has 0 heterocycles. The molecule has 0 radical (unpaired) electrons. The molecule has 0 unspecified atom stereocenters. The van der Waals surface area contributed by atoms with Gasteiger partial charge in [-0.25, -0.2) is 0 Å². The van der Waals surface area contributed by atoms with Gasteiger partial charge in [0.2, 0.25) is 0 Å². The first-order valence-electron chi connectivity index (χ1n) is 9.50.